The van der Waals surface area contributed by atoms with E-state index in [2.05, 4.69) is 15.7 Å². The number of rotatable bonds is 5. The second kappa shape index (κ2) is 7.24. The van der Waals surface area contributed by atoms with Crippen molar-refractivity contribution >= 4 is 34.0 Å². The summed E-state index contributed by atoms with van der Waals surface area (Å²) in [6, 6.07) is 11.7. The standard InChI is InChI=1S/C21H22N4O2S/c1-12-4-8-16(9-5-12)25-17(11-14(3)24-25)22-21(27)19-13(2)10-18(28-19)23-20(26)15-6-7-15/h4-5,8-11,15H,6-7H2,1-3H3,(H,22,27)(H,23,26). The maximum absolute atomic E-state index is 12.9. The minimum atomic E-state index is -0.206. The number of benzene rings is 1. The monoisotopic (exact) mass is 394 g/mol. The molecule has 2 heterocycles. The van der Waals surface area contributed by atoms with Crippen LogP contribution in [0.3, 0.4) is 0 Å². The van der Waals surface area contributed by atoms with Crippen LogP contribution >= 0.6 is 11.3 Å². The highest BCUT2D eigenvalue weighted by atomic mass is 32.1. The Labute approximate surface area is 167 Å². The highest BCUT2D eigenvalue weighted by Crippen LogP contribution is 2.33. The molecule has 1 saturated carbocycles. The van der Waals surface area contributed by atoms with E-state index in [9.17, 15) is 9.59 Å². The third kappa shape index (κ3) is 3.84. The van der Waals surface area contributed by atoms with Crippen molar-refractivity contribution in [1.29, 1.82) is 0 Å². The van der Waals surface area contributed by atoms with Crippen LogP contribution in [0.5, 0.6) is 0 Å². The van der Waals surface area contributed by atoms with Gasteiger partial charge in [-0.15, -0.1) is 11.3 Å². The van der Waals surface area contributed by atoms with Crippen molar-refractivity contribution in [3.05, 3.63) is 58.1 Å². The lowest BCUT2D eigenvalue weighted by molar-refractivity contribution is -0.117. The van der Waals surface area contributed by atoms with Gasteiger partial charge in [0.25, 0.3) is 5.91 Å². The zero-order valence-corrected chi connectivity index (χ0v) is 16.9. The molecule has 7 heteroatoms. The molecule has 1 aliphatic rings. The number of carbonyl (C=O) groups excluding carboxylic acids is 2. The first kappa shape index (κ1) is 18.4. The summed E-state index contributed by atoms with van der Waals surface area (Å²) in [5.41, 5.74) is 3.70. The fraction of sp³-hybridized carbons (Fsp3) is 0.286. The number of amides is 2. The Balaban J connectivity index is 1.55. The number of hydrogen-bond acceptors (Lipinski definition) is 4. The fourth-order valence-electron chi connectivity index (χ4n) is 2.98. The van der Waals surface area contributed by atoms with E-state index in [0.717, 1.165) is 35.3 Å². The number of hydrogen-bond donors (Lipinski definition) is 2. The summed E-state index contributed by atoms with van der Waals surface area (Å²) in [5, 5.41) is 11.1. The average molecular weight is 395 g/mol. The molecular weight excluding hydrogens is 372 g/mol. The third-order valence-corrected chi connectivity index (χ3v) is 5.82. The van der Waals surface area contributed by atoms with Gasteiger partial charge in [-0.2, -0.15) is 5.10 Å². The van der Waals surface area contributed by atoms with Gasteiger partial charge in [-0.25, -0.2) is 4.68 Å². The summed E-state index contributed by atoms with van der Waals surface area (Å²) >= 11 is 1.30. The van der Waals surface area contributed by atoms with Gasteiger partial charge >= 0.3 is 0 Å². The van der Waals surface area contributed by atoms with Crippen molar-refractivity contribution < 1.29 is 9.59 Å². The molecule has 3 aromatic rings. The zero-order chi connectivity index (χ0) is 19.8. The molecule has 4 rings (SSSR count). The molecule has 2 amide bonds. The van der Waals surface area contributed by atoms with Gasteiger partial charge in [-0.3, -0.25) is 9.59 Å². The Morgan fingerprint density at radius 2 is 1.79 bits per heavy atom. The Bertz CT molecular complexity index is 1050. The van der Waals surface area contributed by atoms with Gasteiger partial charge in [0, 0.05) is 12.0 Å². The maximum atomic E-state index is 12.9. The lowest BCUT2D eigenvalue weighted by Crippen LogP contribution is -2.15. The lowest BCUT2D eigenvalue weighted by Gasteiger charge is -2.09. The predicted molar refractivity (Wildman–Crippen MR) is 111 cm³/mol. The number of nitrogens with one attached hydrogen (secondary N) is 2. The molecule has 6 nitrogen and oxygen atoms in total. The third-order valence-electron chi connectivity index (χ3n) is 4.67. The van der Waals surface area contributed by atoms with Crippen LogP contribution in [-0.2, 0) is 4.79 Å². The normalized spacial score (nSPS) is 13.4. The molecule has 144 valence electrons. The van der Waals surface area contributed by atoms with E-state index < -0.39 is 0 Å². The molecule has 2 aromatic heterocycles. The molecule has 2 N–H and O–H groups in total. The molecule has 0 spiro atoms. The number of aryl methyl sites for hydroxylation is 3. The molecule has 0 radical (unpaired) electrons. The van der Waals surface area contributed by atoms with Gasteiger partial charge in [-0.05, 0) is 57.4 Å². The number of anilines is 2. The Morgan fingerprint density at radius 1 is 1.07 bits per heavy atom. The van der Waals surface area contributed by atoms with Gasteiger partial charge in [0.1, 0.15) is 5.82 Å². The fourth-order valence-corrected chi connectivity index (χ4v) is 3.95. The summed E-state index contributed by atoms with van der Waals surface area (Å²) < 4.78 is 1.73. The van der Waals surface area contributed by atoms with Crippen molar-refractivity contribution in [2.45, 2.75) is 33.6 Å². The average Bonchev–Trinajstić information content (AvgIpc) is 3.35. The topological polar surface area (TPSA) is 76.0 Å². The van der Waals surface area contributed by atoms with Gasteiger partial charge in [0.05, 0.1) is 21.3 Å². The van der Waals surface area contributed by atoms with E-state index >= 15 is 0 Å². The Hall–Kier alpha value is -2.93. The Morgan fingerprint density at radius 3 is 2.46 bits per heavy atom. The predicted octanol–water partition coefficient (Wildman–Crippen LogP) is 4.46. The van der Waals surface area contributed by atoms with Gasteiger partial charge < -0.3 is 10.6 Å². The summed E-state index contributed by atoms with van der Waals surface area (Å²) in [6.45, 7) is 5.79. The second-order valence-electron chi connectivity index (χ2n) is 7.26. The molecule has 28 heavy (non-hydrogen) atoms. The first-order valence-corrected chi connectivity index (χ1v) is 10.1. The molecule has 1 aliphatic carbocycles. The highest BCUT2D eigenvalue weighted by Gasteiger charge is 2.30. The lowest BCUT2D eigenvalue weighted by atomic mass is 10.2. The number of nitrogens with zero attached hydrogens (tertiary/aromatic N) is 2. The van der Waals surface area contributed by atoms with E-state index in [4.69, 9.17) is 0 Å². The first-order valence-electron chi connectivity index (χ1n) is 9.27. The SMILES string of the molecule is Cc1ccc(-n2nc(C)cc2NC(=O)c2sc(NC(=O)C3CC3)cc2C)cc1. The molecule has 0 bridgehead atoms. The van der Waals surface area contributed by atoms with Crippen LogP contribution in [0.2, 0.25) is 0 Å². The number of carbonyl (C=O) groups is 2. The minimum Gasteiger partial charge on any atom is -0.317 e. The van der Waals surface area contributed by atoms with Crippen LogP contribution in [0.4, 0.5) is 10.8 Å². The van der Waals surface area contributed by atoms with Crippen molar-refractivity contribution in [3.8, 4) is 5.69 Å². The molecule has 0 unspecified atom stereocenters. The summed E-state index contributed by atoms with van der Waals surface area (Å²) in [6.07, 6.45) is 1.90. The molecule has 1 aromatic carbocycles. The van der Waals surface area contributed by atoms with E-state index in [1.165, 1.54) is 11.3 Å². The van der Waals surface area contributed by atoms with Crippen molar-refractivity contribution in [3.63, 3.8) is 0 Å². The van der Waals surface area contributed by atoms with Gasteiger partial charge in [0.15, 0.2) is 0 Å². The van der Waals surface area contributed by atoms with Crippen molar-refractivity contribution in [2.75, 3.05) is 10.6 Å². The molecular formula is C21H22N4O2S. The Kier molecular flexibility index (Phi) is 4.77. The van der Waals surface area contributed by atoms with Crippen LogP contribution in [-0.4, -0.2) is 21.6 Å². The largest absolute Gasteiger partial charge is 0.317 e. The molecule has 0 atom stereocenters. The summed E-state index contributed by atoms with van der Waals surface area (Å²) in [7, 11) is 0. The van der Waals surface area contributed by atoms with E-state index in [-0.39, 0.29) is 17.7 Å². The van der Waals surface area contributed by atoms with Gasteiger partial charge in [-0.1, -0.05) is 17.7 Å². The van der Waals surface area contributed by atoms with Crippen LogP contribution in [0.1, 0.15) is 39.3 Å². The number of aromatic nitrogens is 2. The summed E-state index contributed by atoms with van der Waals surface area (Å²) in [4.78, 5) is 25.4. The van der Waals surface area contributed by atoms with E-state index in [1.807, 2.05) is 57.2 Å². The quantitative estimate of drug-likeness (QED) is 0.671. The second-order valence-corrected chi connectivity index (χ2v) is 8.31. The first-order chi connectivity index (χ1) is 13.4. The van der Waals surface area contributed by atoms with Crippen LogP contribution in [0, 0.1) is 26.7 Å². The summed E-state index contributed by atoms with van der Waals surface area (Å²) in [5.74, 6) is 0.582. The van der Waals surface area contributed by atoms with Crippen LogP contribution in [0.25, 0.3) is 5.69 Å². The van der Waals surface area contributed by atoms with E-state index in [0.29, 0.717) is 15.7 Å². The highest BCUT2D eigenvalue weighted by molar-refractivity contribution is 7.18. The maximum Gasteiger partial charge on any atom is 0.267 e. The van der Waals surface area contributed by atoms with E-state index in [1.54, 1.807) is 4.68 Å². The van der Waals surface area contributed by atoms with Gasteiger partial charge in [0.2, 0.25) is 5.91 Å². The van der Waals surface area contributed by atoms with Crippen LogP contribution < -0.4 is 10.6 Å². The van der Waals surface area contributed by atoms with Crippen molar-refractivity contribution in [2.24, 2.45) is 5.92 Å². The number of thiophene rings is 1. The van der Waals surface area contributed by atoms with Crippen LogP contribution in [0.15, 0.2) is 36.4 Å². The minimum absolute atomic E-state index is 0.0429. The van der Waals surface area contributed by atoms with Crippen molar-refractivity contribution in [1.82, 2.24) is 9.78 Å². The molecule has 1 fully saturated rings. The molecule has 0 aliphatic heterocycles. The zero-order valence-electron chi connectivity index (χ0n) is 16.1. The smallest absolute Gasteiger partial charge is 0.267 e. The molecule has 0 saturated heterocycles.